The molecule has 0 bridgehead atoms. The first-order valence-electron chi connectivity index (χ1n) is 6.80. The van der Waals surface area contributed by atoms with Gasteiger partial charge in [-0.25, -0.2) is 4.98 Å². The van der Waals surface area contributed by atoms with Gasteiger partial charge in [0, 0.05) is 26.7 Å². The molecule has 0 aliphatic carbocycles. The van der Waals surface area contributed by atoms with Gasteiger partial charge in [-0.05, 0) is 25.0 Å². The third kappa shape index (κ3) is 2.65. The number of aliphatic hydroxyl groups excluding tert-OH is 1. The van der Waals surface area contributed by atoms with E-state index in [4.69, 9.17) is 11.5 Å². The summed E-state index contributed by atoms with van der Waals surface area (Å²) < 4.78 is 0. The maximum Gasteiger partial charge on any atom is 0.162 e. The molecule has 20 heavy (non-hydrogen) atoms. The molecule has 7 nitrogen and oxygen atoms in total. The highest BCUT2D eigenvalue weighted by Crippen LogP contribution is 2.33. The lowest BCUT2D eigenvalue weighted by molar-refractivity contribution is -0.00543. The van der Waals surface area contributed by atoms with Gasteiger partial charge in [-0.1, -0.05) is 0 Å². The normalized spacial score (nSPS) is 22.3. The second-order valence-corrected chi connectivity index (χ2v) is 5.19. The van der Waals surface area contributed by atoms with Crippen LogP contribution in [0.15, 0.2) is 12.1 Å². The number of nitrogens with zero attached hydrogens (tertiary/aromatic N) is 3. The molecule has 112 valence electrons. The zero-order valence-electron chi connectivity index (χ0n) is 11.8. The van der Waals surface area contributed by atoms with Crippen molar-refractivity contribution >= 4 is 17.3 Å². The number of nitrogen functional groups attached to an aromatic ring is 1. The Labute approximate surface area is 118 Å². The molecule has 6 N–H and O–H groups in total. The molecule has 2 rings (SSSR count). The topological polar surface area (TPSA) is 112 Å². The zero-order chi connectivity index (χ0) is 14.8. The lowest BCUT2D eigenvalue weighted by atomic mass is 10.1. The Morgan fingerprint density at radius 1 is 1.50 bits per heavy atom. The van der Waals surface area contributed by atoms with Crippen LogP contribution in [-0.2, 0) is 0 Å². The van der Waals surface area contributed by atoms with Crippen LogP contribution in [0.4, 0.5) is 17.3 Å². The quantitative estimate of drug-likeness (QED) is 0.567. The highest BCUT2D eigenvalue weighted by Gasteiger charge is 2.39. The highest BCUT2D eigenvalue weighted by atomic mass is 16.4. The second kappa shape index (κ2) is 5.82. The highest BCUT2D eigenvalue weighted by molar-refractivity contribution is 5.66. The summed E-state index contributed by atoms with van der Waals surface area (Å²) in [6.07, 6.45) is 1.35. The summed E-state index contributed by atoms with van der Waals surface area (Å²) in [5.74, 6) is 1.26. The van der Waals surface area contributed by atoms with Gasteiger partial charge in [-0.15, -0.1) is 0 Å². The Kier molecular flexibility index (Phi) is 4.32. The molecule has 1 fully saturated rings. The minimum Gasteiger partial charge on any atom is -0.396 e. The summed E-state index contributed by atoms with van der Waals surface area (Å²) in [6, 6.07) is 3.53. The predicted octanol–water partition coefficient (Wildman–Crippen LogP) is -0.660. The Bertz CT molecular complexity index is 470. The molecule has 1 aliphatic heterocycles. The standard InChI is InChI=1S/C13H23N5O2/c1-17(8-6-14)12-10(15)3-4-11(16-12)18-7-2-5-13(18,20)9-19/h3-4,19-20H,2,5-9,14-15H2,1H3. The molecule has 0 amide bonds. The monoisotopic (exact) mass is 281 g/mol. The van der Waals surface area contributed by atoms with E-state index in [2.05, 4.69) is 4.98 Å². The van der Waals surface area contributed by atoms with Gasteiger partial charge in [0.15, 0.2) is 11.5 Å². The minimum absolute atomic E-state index is 0.312. The molecule has 1 aromatic heterocycles. The molecule has 1 atom stereocenters. The van der Waals surface area contributed by atoms with E-state index in [0.29, 0.717) is 43.4 Å². The maximum absolute atomic E-state index is 10.4. The van der Waals surface area contributed by atoms with E-state index >= 15 is 0 Å². The summed E-state index contributed by atoms with van der Waals surface area (Å²) >= 11 is 0. The molecule has 1 aromatic rings. The molecule has 1 saturated heterocycles. The number of nitrogens with two attached hydrogens (primary N) is 2. The zero-order valence-corrected chi connectivity index (χ0v) is 11.8. The largest absolute Gasteiger partial charge is 0.396 e. The third-order valence-electron chi connectivity index (χ3n) is 3.71. The van der Waals surface area contributed by atoms with Crippen LogP contribution in [0.5, 0.6) is 0 Å². The van der Waals surface area contributed by atoms with Crippen molar-refractivity contribution in [2.45, 2.75) is 18.6 Å². The molecule has 0 spiro atoms. The van der Waals surface area contributed by atoms with Crippen molar-refractivity contribution in [1.82, 2.24) is 4.98 Å². The van der Waals surface area contributed by atoms with Gasteiger partial charge in [0.2, 0.25) is 0 Å². The Morgan fingerprint density at radius 3 is 2.90 bits per heavy atom. The fourth-order valence-corrected chi connectivity index (χ4v) is 2.56. The number of likely N-dealkylation sites (N-methyl/N-ethyl adjacent to an activating group) is 1. The van der Waals surface area contributed by atoms with Gasteiger partial charge in [-0.2, -0.15) is 0 Å². The van der Waals surface area contributed by atoms with E-state index in [-0.39, 0.29) is 6.61 Å². The molecule has 0 aromatic carbocycles. The van der Waals surface area contributed by atoms with Crippen molar-refractivity contribution in [3.8, 4) is 0 Å². The van der Waals surface area contributed by atoms with Crippen LogP contribution in [-0.4, -0.2) is 54.2 Å². The number of rotatable bonds is 5. The van der Waals surface area contributed by atoms with Gasteiger partial charge in [0.05, 0.1) is 12.3 Å². The van der Waals surface area contributed by atoms with Crippen molar-refractivity contribution in [3.63, 3.8) is 0 Å². The lowest BCUT2D eigenvalue weighted by Crippen LogP contribution is -2.47. The van der Waals surface area contributed by atoms with Gasteiger partial charge < -0.3 is 31.5 Å². The van der Waals surface area contributed by atoms with Crippen LogP contribution in [0.25, 0.3) is 0 Å². The fourth-order valence-electron chi connectivity index (χ4n) is 2.56. The van der Waals surface area contributed by atoms with Crippen LogP contribution in [0.3, 0.4) is 0 Å². The van der Waals surface area contributed by atoms with Crippen molar-refractivity contribution in [2.75, 3.05) is 48.8 Å². The van der Waals surface area contributed by atoms with Crippen molar-refractivity contribution in [1.29, 1.82) is 0 Å². The summed E-state index contributed by atoms with van der Waals surface area (Å²) in [7, 11) is 1.87. The minimum atomic E-state index is -1.23. The van der Waals surface area contributed by atoms with Crippen molar-refractivity contribution in [3.05, 3.63) is 12.1 Å². The van der Waals surface area contributed by atoms with Gasteiger partial charge in [-0.3, -0.25) is 0 Å². The molecule has 7 heteroatoms. The second-order valence-electron chi connectivity index (χ2n) is 5.19. The van der Waals surface area contributed by atoms with E-state index in [0.717, 1.165) is 6.42 Å². The first-order chi connectivity index (χ1) is 9.51. The summed E-state index contributed by atoms with van der Waals surface area (Å²) in [4.78, 5) is 8.13. The molecule has 0 radical (unpaired) electrons. The average molecular weight is 281 g/mol. The smallest absolute Gasteiger partial charge is 0.162 e. The lowest BCUT2D eigenvalue weighted by Gasteiger charge is -2.33. The third-order valence-corrected chi connectivity index (χ3v) is 3.71. The van der Waals surface area contributed by atoms with E-state index in [9.17, 15) is 10.2 Å². The predicted molar refractivity (Wildman–Crippen MR) is 79.6 cm³/mol. The van der Waals surface area contributed by atoms with Crippen molar-refractivity contribution < 1.29 is 10.2 Å². The van der Waals surface area contributed by atoms with Crippen LogP contribution in [0, 0.1) is 0 Å². The van der Waals surface area contributed by atoms with E-state index in [1.54, 1.807) is 17.0 Å². The van der Waals surface area contributed by atoms with E-state index in [1.165, 1.54) is 0 Å². The Balaban J connectivity index is 2.31. The van der Waals surface area contributed by atoms with Crippen LogP contribution in [0.2, 0.25) is 0 Å². The maximum atomic E-state index is 10.4. The summed E-state index contributed by atoms with van der Waals surface area (Å²) in [6.45, 7) is 1.50. The number of anilines is 3. The molecule has 2 heterocycles. The van der Waals surface area contributed by atoms with Crippen LogP contribution < -0.4 is 21.3 Å². The average Bonchev–Trinajstić information content (AvgIpc) is 2.82. The van der Waals surface area contributed by atoms with E-state index < -0.39 is 5.72 Å². The van der Waals surface area contributed by atoms with Crippen LogP contribution >= 0.6 is 0 Å². The van der Waals surface area contributed by atoms with Crippen molar-refractivity contribution in [2.24, 2.45) is 5.73 Å². The summed E-state index contributed by atoms with van der Waals surface area (Å²) in [5.41, 5.74) is 10.8. The van der Waals surface area contributed by atoms with E-state index in [1.807, 2.05) is 11.9 Å². The van der Waals surface area contributed by atoms with Crippen LogP contribution in [0.1, 0.15) is 12.8 Å². The summed E-state index contributed by atoms with van der Waals surface area (Å²) in [5, 5.41) is 19.8. The number of hydrogen-bond acceptors (Lipinski definition) is 7. The molecule has 1 unspecified atom stereocenters. The van der Waals surface area contributed by atoms with Gasteiger partial charge in [0.1, 0.15) is 5.82 Å². The molecular formula is C13H23N5O2. The Morgan fingerprint density at radius 2 is 2.25 bits per heavy atom. The first-order valence-corrected chi connectivity index (χ1v) is 6.80. The number of aromatic nitrogens is 1. The molecule has 1 aliphatic rings. The molecule has 0 saturated carbocycles. The SMILES string of the molecule is CN(CCN)c1nc(N2CCCC2(O)CO)ccc1N. The fraction of sp³-hybridized carbons (Fsp3) is 0.615. The number of hydrogen-bond donors (Lipinski definition) is 4. The van der Waals surface area contributed by atoms with Gasteiger partial charge in [0.25, 0.3) is 0 Å². The van der Waals surface area contributed by atoms with Gasteiger partial charge >= 0.3 is 0 Å². The first kappa shape index (κ1) is 14.8. The number of aliphatic hydroxyl groups is 2. The number of pyridine rings is 1. The Hall–Kier alpha value is -1.57. The molecular weight excluding hydrogens is 258 g/mol.